The van der Waals surface area contributed by atoms with Crippen molar-refractivity contribution in [2.45, 2.75) is 13.8 Å². The molecule has 0 unspecified atom stereocenters. The van der Waals surface area contributed by atoms with E-state index in [1.807, 2.05) is 0 Å². The monoisotopic (exact) mass is 428 g/mol. The average Bonchev–Trinajstić information content (AvgIpc) is 2.68. The average molecular weight is 428 g/mol. The first kappa shape index (κ1) is 29.9. The third-order valence-corrected chi connectivity index (χ3v) is 2.65. The summed E-state index contributed by atoms with van der Waals surface area (Å²) < 4.78 is 34.5. The van der Waals surface area contributed by atoms with Gasteiger partial charge in [-0.25, -0.2) is 0 Å². The molecular formula is C18H36O11. The van der Waals surface area contributed by atoms with Gasteiger partial charge in [0.2, 0.25) is 0 Å². The summed E-state index contributed by atoms with van der Waals surface area (Å²) in [6, 6.07) is 0. The number of carbonyl (C=O) groups is 2. The molecule has 0 heterocycles. The van der Waals surface area contributed by atoms with Crippen LogP contribution in [0.5, 0.6) is 0 Å². The lowest BCUT2D eigenvalue weighted by molar-refractivity contribution is -0.144. The van der Waals surface area contributed by atoms with E-state index in [2.05, 4.69) is 9.47 Å². The molecule has 174 valence electrons. The molecule has 0 radical (unpaired) electrons. The number of ether oxygens (including phenoxy) is 7. The molecule has 0 aliphatic rings. The zero-order valence-electron chi connectivity index (χ0n) is 17.5. The maximum atomic E-state index is 10.4. The first-order chi connectivity index (χ1) is 14.0. The van der Waals surface area contributed by atoms with Crippen LogP contribution in [0.25, 0.3) is 0 Å². The summed E-state index contributed by atoms with van der Waals surface area (Å²) in [6.45, 7) is 7.50. The van der Waals surface area contributed by atoms with Crippen LogP contribution in [0.4, 0.5) is 0 Å². The molecule has 29 heavy (non-hydrogen) atoms. The molecule has 0 saturated carbocycles. The molecule has 0 fully saturated rings. The van der Waals surface area contributed by atoms with Crippen molar-refractivity contribution in [1.29, 1.82) is 0 Å². The second-order valence-electron chi connectivity index (χ2n) is 5.19. The van der Waals surface area contributed by atoms with Crippen LogP contribution in [-0.4, -0.2) is 115 Å². The summed E-state index contributed by atoms with van der Waals surface area (Å²) in [5, 5.41) is 16.7. The Kier molecular flexibility index (Phi) is 27.4. The minimum Gasteiger partial charge on any atom is -0.463 e. The van der Waals surface area contributed by atoms with E-state index in [9.17, 15) is 9.59 Å². The van der Waals surface area contributed by atoms with E-state index in [4.69, 9.17) is 33.9 Å². The fourth-order valence-electron chi connectivity index (χ4n) is 1.48. The van der Waals surface area contributed by atoms with E-state index in [-0.39, 0.29) is 38.4 Å². The molecule has 0 rings (SSSR count). The van der Waals surface area contributed by atoms with Crippen molar-refractivity contribution in [1.82, 2.24) is 0 Å². The minimum absolute atomic E-state index is 0.0413. The first-order valence-corrected chi connectivity index (χ1v) is 9.41. The SMILES string of the molecule is CC(=O)OCCOCCOCCOC(C)=O.OCCOCCOCCOCCO. The molecule has 0 atom stereocenters. The van der Waals surface area contributed by atoms with Crippen molar-refractivity contribution in [3.05, 3.63) is 0 Å². The molecule has 0 aliphatic carbocycles. The number of aliphatic hydroxyl groups excluding tert-OH is 2. The van der Waals surface area contributed by atoms with Crippen LogP contribution >= 0.6 is 0 Å². The van der Waals surface area contributed by atoms with Crippen LogP contribution in [0.15, 0.2) is 0 Å². The molecule has 0 bridgehead atoms. The van der Waals surface area contributed by atoms with Crippen molar-refractivity contribution in [3.63, 3.8) is 0 Å². The molecule has 0 aromatic heterocycles. The molecule has 0 aromatic rings. The Hall–Kier alpha value is -1.34. The summed E-state index contributed by atoms with van der Waals surface area (Å²) >= 11 is 0. The van der Waals surface area contributed by atoms with Crippen LogP contribution in [0.2, 0.25) is 0 Å². The Bertz CT molecular complexity index is 321. The van der Waals surface area contributed by atoms with Gasteiger partial charge in [0.25, 0.3) is 0 Å². The number of aliphatic hydroxyl groups is 2. The highest BCUT2D eigenvalue weighted by molar-refractivity contribution is 5.66. The van der Waals surface area contributed by atoms with Gasteiger partial charge >= 0.3 is 11.9 Å². The van der Waals surface area contributed by atoms with Crippen molar-refractivity contribution < 1.29 is 53.0 Å². The number of hydrogen-bond donors (Lipinski definition) is 2. The smallest absolute Gasteiger partial charge is 0.302 e. The largest absolute Gasteiger partial charge is 0.463 e. The third kappa shape index (κ3) is 34.6. The van der Waals surface area contributed by atoms with Gasteiger partial charge in [0.15, 0.2) is 0 Å². The maximum Gasteiger partial charge on any atom is 0.302 e. The fraction of sp³-hybridized carbons (Fsp3) is 0.889. The molecular weight excluding hydrogens is 392 g/mol. The lowest BCUT2D eigenvalue weighted by atomic mass is 10.7. The lowest BCUT2D eigenvalue weighted by Crippen LogP contribution is -2.13. The normalized spacial score (nSPS) is 10.2. The summed E-state index contributed by atoms with van der Waals surface area (Å²) in [4.78, 5) is 20.7. The van der Waals surface area contributed by atoms with Gasteiger partial charge in [-0.1, -0.05) is 0 Å². The summed E-state index contributed by atoms with van der Waals surface area (Å²) in [5.41, 5.74) is 0. The Balaban J connectivity index is 0. The quantitative estimate of drug-likeness (QED) is 0.197. The van der Waals surface area contributed by atoms with Gasteiger partial charge in [-0.3, -0.25) is 9.59 Å². The van der Waals surface area contributed by atoms with Gasteiger partial charge in [0.05, 0.1) is 79.3 Å². The Morgan fingerprint density at radius 1 is 0.483 bits per heavy atom. The first-order valence-electron chi connectivity index (χ1n) is 9.41. The summed E-state index contributed by atoms with van der Waals surface area (Å²) in [5.74, 6) is -0.637. The van der Waals surface area contributed by atoms with Crippen LogP contribution in [0, 0.1) is 0 Å². The number of esters is 2. The van der Waals surface area contributed by atoms with Gasteiger partial charge in [-0.2, -0.15) is 0 Å². The van der Waals surface area contributed by atoms with Gasteiger partial charge in [0.1, 0.15) is 13.2 Å². The van der Waals surface area contributed by atoms with Crippen LogP contribution in [-0.2, 0) is 42.7 Å². The van der Waals surface area contributed by atoms with Crippen LogP contribution in [0.1, 0.15) is 13.8 Å². The number of carbonyl (C=O) groups excluding carboxylic acids is 2. The second kappa shape index (κ2) is 26.7. The molecule has 2 N–H and O–H groups in total. The standard InChI is InChI=1S/C10H18O6.C8H18O5/c1-9(11)15-7-5-13-3-4-14-6-8-16-10(2)12;9-1-3-11-5-7-13-8-6-12-4-2-10/h3-8H2,1-2H3;9-10H,1-8H2. The number of rotatable bonds is 19. The molecule has 0 aromatic carbocycles. The lowest BCUT2D eigenvalue weighted by Gasteiger charge is -2.06. The highest BCUT2D eigenvalue weighted by Gasteiger charge is 1.95. The molecule has 11 heteroatoms. The van der Waals surface area contributed by atoms with E-state index < -0.39 is 0 Å². The van der Waals surface area contributed by atoms with Gasteiger partial charge in [-0.05, 0) is 0 Å². The van der Waals surface area contributed by atoms with E-state index in [1.54, 1.807) is 0 Å². The Morgan fingerprint density at radius 2 is 0.724 bits per heavy atom. The fourth-order valence-corrected chi connectivity index (χ4v) is 1.48. The Labute approximate surface area is 172 Å². The van der Waals surface area contributed by atoms with Crippen molar-refractivity contribution in [3.8, 4) is 0 Å². The van der Waals surface area contributed by atoms with Gasteiger partial charge in [0, 0.05) is 13.8 Å². The summed E-state index contributed by atoms with van der Waals surface area (Å²) in [6.07, 6.45) is 0. The third-order valence-electron chi connectivity index (χ3n) is 2.65. The van der Waals surface area contributed by atoms with Crippen molar-refractivity contribution >= 4 is 11.9 Å². The second-order valence-corrected chi connectivity index (χ2v) is 5.19. The topological polar surface area (TPSA) is 139 Å². The van der Waals surface area contributed by atoms with E-state index in [1.165, 1.54) is 13.8 Å². The minimum atomic E-state index is -0.318. The van der Waals surface area contributed by atoms with Crippen LogP contribution in [0.3, 0.4) is 0 Å². The highest BCUT2D eigenvalue weighted by Crippen LogP contribution is 1.83. The predicted molar refractivity (Wildman–Crippen MR) is 102 cm³/mol. The predicted octanol–water partition coefficient (Wildman–Crippen LogP) is -0.833. The Morgan fingerprint density at radius 3 is 0.966 bits per heavy atom. The molecule has 11 nitrogen and oxygen atoms in total. The van der Waals surface area contributed by atoms with Gasteiger partial charge in [-0.15, -0.1) is 0 Å². The van der Waals surface area contributed by atoms with Gasteiger partial charge < -0.3 is 43.4 Å². The highest BCUT2D eigenvalue weighted by atomic mass is 16.6. The van der Waals surface area contributed by atoms with Crippen molar-refractivity contribution in [2.24, 2.45) is 0 Å². The maximum absolute atomic E-state index is 10.4. The van der Waals surface area contributed by atoms with E-state index in [0.717, 1.165) is 0 Å². The zero-order valence-corrected chi connectivity index (χ0v) is 17.5. The molecule has 0 amide bonds. The van der Waals surface area contributed by atoms with Crippen LogP contribution < -0.4 is 0 Å². The number of hydrogen-bond acceptors (Lipinski definition) is 11. The van der Waals surface area contributed by atoms with E-state index >= 15 is 0 Å². The summed E-state index contributed by atoms with van der Waals surface area (Å²) in [7, 11) is 0. The molecule has 0 spiro atoms. The zero-order chi connectivity index (χ0) is 22.0. The van der Waals surface area contributed by atoms with Crippen molar-refractivity contribution in [2.75, 3.05) is 92.5 Å². The molecule has 0 saturated heterocycles. The molecule has 0 aliphatic heterocycles. The van der Waals surface area contributed by atoms with E-state index in [0.29, 0.717) is 66.1 Å².